The zero-order valence-corrected chi connectivity index (χ0v) is 21.3. The standard InChI is InChI=1S/C24H15Cl6NO2/c25-14-7-13(8-15(26)9-14)20-21(24(20,29)30)23(33)31-16-10-17(22(28)18(27)11-16)19(32)6-12-4-2-1-3-5-12/h1-5,7-11,20-21H,6H2,(H,31,33). The van der Waals surface area contributed by atoms with Gasteiger partial charge in [0.1, 0.15) is 4.33 Å². The summed E-state index contributed by atoms with van der Waals surface area (Å²) in [4.78, 5) is 25.9. The zero-order chi connectivity index (χ0) is 23.9. The molecule has 3 nitrogen and oxygen atoms in total. The molecule has 33 heavy (non-hydrogen) atoms. The van der Waals surface area contributed by atoms with Gasteiger partial charge in [0.2, 0.25) is 5.91 Å². The van der Waals surface area contributed by atoms with Gasteiger partial charge < -0.3 is 5.32 Å². The smallest absolute Gasteiger partial charge is 0.231 e. The number of Topliss-reactive ketones (excluding diaryl/α,β-unsaturated/α-hetero) is 1. The summed E-state index contributed by atoms with van der Waals surface area (Å²) in [5.41, 5.74) is 2.01. The molecule has 0 heterocycles. The molecular weight excluding hydrogens is 547 g/mol. The zero-order valence-electron chi connectivity index (χ0n) is 16.7. The molecule has 1 amide bonds. The molecule has 2 unspecified atom stereocenters. The molecule has 0 aliphatic heterocycles. The van der Waals surface area contributed by atoms with Crippen LogP contribution < -0.4 is 5.32 Å². The third kappa shape index (κ3) is 5.30. The van der Waals surface area contributed by atoms with E-state index in [0.29, 0.717) is 21.3 Å². The van der Waals surface area contributed by atoms with E-state index in [0.717, 1.165) is 5.56 Å². The van der Waals surface area contributed by atoms with Crippen LogP contribution in [0.2, 0.25) is 20.1 Å². The Labute approximate surface area is 220 Å². The van der Waals surface area contributed by atoms with Crippen molar-refractivity contribution in [2.24, 2.45) is 5.92 Å². The Morgan fingerprint density at radius 1 is 0.879 bits per heavy atom. The van der Waals surface area contributed by atoms with Gasteiger partial charge >= 0.3 is 0 Å². The van der Waals surface area contributed by atoms with Crippen LogP contribution in [0.25, 0.3) is 0 Å². The van der Waals surface area contributed by atoms with Gasteiger partial charge in [0, 0.05) is 33.6 Å². The third-order valence-corrected chi connectivity index (χ3v) is 7.56. The number of halogens is 6. The van der Waals surface area contributed by atoms with Crippen molar-refractivity contribution in [3.63, 3.8) is 0 Å². The van der Waals surface area contributed by atoms with Gasteiger partial charge in [-0.05, 0) is 41.5 Å². The van der Waals surface area contributed by atoms with Crippen LogP contribution in [0.3, 0.4) is 0 Å². The summed E-state index contributed by atoms with van der Waals surface area (Å²) in [6.07, 6.45) is 0.140. The number of hydrogen-bond acceptors (Lipinski definition) is 2. The molecule has 1 aliphatic rings. The molecule has 4 rings (SSSR count). The van der Waals surface area contributed by atoms with Gasteiger partial charge in [0.15, 0.2) is 5.78 Å². The molecule has 1 N–H and O–H groups in total. The van der Waals surface area contributed by atoms with Crippen molar-refractivity contribution >= 4 is 87.0 Å². The average Bonchev–Trinajstić information content (AvgIpc) is 3.32. The van der Waals surface area contributed by atoms with Crippen LogP contribution in [0.5, 0.6) is 0 Å². The van der Waals surface area contributed by atoms with E-state index in [4.69, 9.17) is 69.6 Å². The molecule has 3 aromatic rings. The lowest BCUT2D eigenvalue weighted by Gasteiger charge is -2.11. The molecule has 1 aliphatic carbocycles. The Kier molecular flexibility index (Phi) is 7.21. The second kappa shape index (κ2) is 9.65. The molecule has 0 radical (unpaired) electrons. The molecule has 3 aromatic carbocycles. The number of benzene rings is 3. The number of amides is 1. The van der Waals surface area contributed by atoms with Gasteiger partial charge in [-0.3, -0.25) is 9.59 Å². The second-order valence-electron chi connectivity index (χ2n) is 7.73. The molecule has 2 atom stereocenters. The first-order valence-electron chi connectivity index (χ1n) is 9.78. The number of anilines is 1. The van der Waals surface area contributed by atoms with E-state index in [2.05, 4.69) is 5.32 Å². The summed E-state index contributed by atoms with van der Waals surface area (Å²) in [6.45, 7) is 0. The number of carbonyl (C=O) groups is 2. The normalized spacial score (nSPS) is 18.6. The first kappa shape index (κ1) is 24.7. The maximum atomic E-state index is 13.0. The van der Waals surface area contributed by atoms with E-state index >= 15 is 0 Å². The molecule has 0 bridgehead atoms. The number of carbonyl (C=O) groups excluding carboxylic acids is 2. The van der Waals surface area contributed by atoms with Crippen LogP contribution >= 0.6 is 69.6 Å². The minimum absolute atomic E-state index is 0.123. The fraction of sp³-hybridized carbons (Fsp3) is 0.167. The van der Waals surface area contributed by atoms with Gasteiger partial charge in [-0.15, -0.1) is 23.2 Å². The van der Waals surface area contributed by atoms with E-state index in [-0.39, 0.29) is 27.8 Å². The number of ketones is 1. The highest BCUT2D eigenvalue weighted by atomic mass is 35.5. The second-order valence-corrected chi connectivity index (χ2v) is 10.8. The third-order valence-electron chi connectivity index (χ3n) is 5.38. The Morgan fingerprint density at radius 3 is 2.15 bits per heavy atom. The van der Waals surface area contributed by atoms with Crippen LogP contribution in [-0.4, -0.2) is 16.0 Å². The number of hydrogen-bond donors (Lipinski definition) is 1. The first-order chi connectivity index (χ1) is 15.6. The van der Waals surface area contributed by atoms with Crippen molar-refractivity contribution in [2.45, 2.75) is 16.7 Å². The van der Waals surface area contributed by atoms with E-state index in [1.807, 2.05) is 30.3 Å². The van der Waals surface area contributed by atoms with Crippen LogP contribution in [-0.2, 0) is 11.2 Å². The Morgan fingerprint density at radius 2 is 1.52 bits per heavy atom. The molecule has 1 saturated carbocycles. The monoisotopic (exact) mass is 559 g/mol. The Balaban J connectivity index is 1.55. The molecule has 0 spiro atoms. The summed E-state index contributed by atoms with van der Waals surface area (Å²) in [6, 6.07) is 17.1. The minimum Gasteiger partial charge on any atom is -0.326 e. The minimum atomic E-state index is -1.33. The van der Waals surface area contributed by atoms with Crippen molar-refractivity contribution in [1.29, 1.82) is 0 Å². The molecule has 170 valence electrons. The summed E-state index contributed by atoms with van der Waals surface area (Å²) in [5, 5.41) is 3.84. The van der Waals surface area contributed by atoms with Crippen molar-refractivity contribution in [3.05, 3.63) is 97.4 Å². The summed E-state index contributed by atoms with van der Waals surface area (Å²) >= 11 is 37.5. The van der Waals surface area contributed by atoms with Crippen LogP contribution in [0.15, 0.2) is 60.7 Å². The molecule has 0 aromatic heterocycles. The first-order valence-corrected chi connectivity index (χ1v) is 12.1. The number of rotatable bonds is 6. The Hall–Kier alpha value is -1.46. The van der Waals surface area contributed by atoms with Gasteiger partial charge in [-0.25, -0.2) is 0 Å². The van der Waals surface area contributed by atoms with E-state index < -0.39 is 22.1 Å². The highest BCUT2D eigenvalue weighted by Gasteiger charge is 2.67. The predicted molar refractivity (Wildman–Crippen MR) is 137 cm³/mol. The summed E-state index contributed by atoms with van der Waals surface area (Å²) < 4.78 is -1.33. The van der Waals surface area contributed by atoms with Crippen molar-refractivity contribution in [2.75, 3.05) is 5.32 Å². The summed E-state index contributed by atoms with van der Waals surface area (Å²) in [5.74, 6) is -1.92. The Bertz CT molecular complexity index is 1220. The van der Waals surface area contributed by atoms with E-state index in [1.54, 1.807) is 18.2 Å². The van der Waals surface area contributed by atoms with E-state index in [1.165, 1.54) is 12.1 Å². The highest BCUT2D eigenvalue weighted by molar-refractivity contribution is 6.53. The van der Waals surface area contributed by atoms with Gasteiger partial charge in [-0.1, -0.05) is 76.7 Å². The largest absolute Gasteiger partial charge is 0.326 e. The maximum Gasteiger partial charge on any atom is 0.231 e. The van der Waals surface area contributed by atoms with Crippen molar-refractivity contribution in [3.8, 4) is 0 Å². The van der Waals surface area contributed by atoms with Crippen LogP contribution in [0.1, 0.15) is 27.4 Å². The van der Waals surface area contributed by atoms with Gasteiger partial charge in [-0.2, -0.15) is 0 Å². The average molecular weight is 562 g/mol. The molecular formula is C24H15Cl6NO2. The predicted octanol–water partition coefficient (Wildman–Crippen LogP) is 8.25. The summed E-state index contributed by atoms with van der Waals surface area (Å²) in [7, 11) is 0. The van der Waals surface area contributed by atoms with Crippen molar-refractivity contribution in [1.82, 2.24) is 0 Å². The van der Waals surface area contributed by atoms with Crippen LogP contribution in [0, 0.1) is 5.92 Å². The fourth-order valence-electron chi connectivity index (χ4n) is 3.78. The quantitative estimate of drug-likeness (QED) is 0.243. The van der Waals surface area contributed by atoms with Gasteiger partial charge in [0.05, 0.1) is 16.0 Å². The van der Waals surface area contributed by atoms with Crippen molar-refractivity contribution < 1.29 is 9.59 Å². The SMILES string of the molecule is O=C(Cc1ccccc1)c1cc(NC(=O)C2C(c3cc(Cl)cc(Cl)c3)C2(Cl)Cl)cc(Cl)c1Cl. The van der Waals surface area contributed by atoms with Gasteiger partial charge in [0.25, 0.3) is 0 Å². The van der Waals surface area contributed by atoms with Crippen LogP contribution in [0.4, 0.5) is 5.69 Å². The lowest BCUT2D eigenvalue weighted by atomic mass is 10.0. The highest BCUT2D eigenvalue weighted by Crippen LogP contribution is 2.65. The number of alkyl halides is 2. The topological polar surface area (TPSA) is 46.2 Å². The maximum absolute atomic E-state index is 13.0. The molecule has 9 heteroatoms. The fourth-order valence-corrected chi connectivity index (χ4v) is 5.59. The van der Waals surface area contributed by atoms with E-state index in [9.17, 15) is 9.59 Å². The number of nitrogens with one attached hydrogen (secondary N) is 1. The molecule has 1 fully saturated rings. The lowest BCUT2D eigenvalue weighted by Crippen LogP contribution is -2.17. The lowest BCUT2D eigenvalue weighted by molar-refractivity contribution is -0.117. The molecule has 0 saturated heterocycles.